The molecule has 0 unspecified atom stereocenters. The van der Waals surface area contributed by atoms with Crippen LogP contribution in [0.4, 0.5) is 0 Å². The van der Waals surface area contributed by atoms with Gasteiger partial charge >= 0.3 is 0 Å². The molecule has 2 N–H and O–H groups in total. The van der Waals surface area contributed by atoms with E-state index in [9.17, 15) is 4.79 Å². The molecule has 4 heteroatoms. The van der Waals surface area contributed by atoms with Crippen LogP contribution >= 0.6 is 11.6 Å². The SMILES string of the molecule is C[C@@H](O)CNC(=O)Cc1cccc(Cl)c1. The molecular weight excluding hydrogens is 214 g/mol. The molecule has 0 saturated carbocycles. The second-order valence-electron chi connectivity index (χ2n) is 3.46. The summed E-state index contributed by atoms with van der Waals surface area (Å²) in [6.45, 7) is 1.90. The van der Waals surface area contributed by atoms with E-state index in [-0.39, 0.29) is 18.9 Å². The lowest BCUT2D eigenvalue weighted by Crippen LogP contribution is -2.31. The van der Waals surface area contributed by atoms with E-state index in [1.165, 1.54) is 0 Å². The van der Waals surface area contributed by atoms with Crippen molar-refractivity contribution in [2.24, 2.45) is 0 Å². The van der Waals surface area contributed by atoms with Crippen molar-refractivity contribution in [2.45, 2.75) is 19.4 Å². The summed E-state index contributed by atoms with van der Waals surface area (Å²) < 4.78 is 0. The summed E-state index contributed by atoms with van der Waals surface area (Å²) in [6, 6.07) is 7.16. The normalized spacial score (nSPS) is 12.2. The van der Waals surface area contributed by atoms with Crippen LogP contribution < -0.4 is 5.32 Å². The molecule has 1 aromatic rings. The summed E-state index contributed by atoms with van der Waals surface area (Å²) in [7, 11) is 0. The molecule has 0 heterocycles. The van der Waals surface area contributed by atoms with Crippen LogP contribution in [0.25, 0.3) is 0 Å². The number of halogens is 1. The van der Waals surface area contributed by atoms with Gasteiger partial charge in [-0.1, -0.05) is 23.7 Å². The minimum Gasteiger partial charge on any atom is -0.392 e. The number of benzene rings is 1. The smallest absolute Gasteiger partial charge is 0.224 e. The summed E-state index contributed by atoms with van der Waals surface area (Å²) in [4.78, 5) is 11.4. The van der Waals surface area contributed by atoms with E-state index in [4.69, 9.17) is 16.7 Å². The van der Waals surface area contributed by atoms with Crippen molar-refractivity contribution in [2.75, 3.05) is 6.54 Å². The third-order valence-electron chi connectivity index (χ3n) is 1.85. The first-order valence-electron chi connectivity index (χ1n) is 4.77. The number of hydrogen-bond donors (Lipinski definition) is 2. The molecular formula is C11H14ClNO2. The molecule has 0 saturated heterocycles. The number of rotatable bonds is 4. The average Bonchev–Trinajstić information content (AvgIpc) is 2.15. The monoisotopic (exact) mass is 227 g/mol. The van der Waals surface area contributed by atoms with E-state index < -0.39 is 6.10 Å². The van der Waals surface area contributed by atoms with Gasteiger partial charge in [-0.15, -0.1) is 0 Å². The van der Waals surface area contributed by atoms with Crippen molar-refractivity contribution in [3.63, 3.8) is 0 Å². The van der Waals surface area contributed by atoms with Gasteiger partial charge in [-0.25, -0.2) is 0 Å². The van der Waals surface area contributed by atoms with Gasteiger partial charge in [0.25, 0.3) is 0 Å². The Balaban J connectivity index is 2.44. The Morgan fingerprint density at radius 1 is 1.60 bits per heavy atom. The maximum absolute atomic E-state index is 11.4. The highest BCUT2D eigenvalue weighted by Gasteiger charge is 2.04. The number of carbonyl (C=O) groups is 1. The van der Waals surface area contributed by atoms with Gasteiger partial charge in [0.2, 0.25) is 5.91 Å². The van der Waals surface area contributed by atoms with Crippen molar-refractivity contribution < 1.29 is 9.90 Å². The predicted octanol–water partition coefficient (Wildman–Crippen LogP) is 1.38. The molecule has 0 bridgehead atoms. The van der Waals surface area contributed by atoms with Crippen LogP contribution in [0.3, 0.4) is 0 Å². The first kappa shape index (κ1) is 12.0. The Kier molecular flexibility index (Phi) is 4.59. The maximum atomic E-state index is 11.4. The first-order chi connectivity index (χ1) is 7.08. The molecule has 0 aliphatic heterocycles. The molecule has 0 spiro atoms. The van der Waals surface area contributed by atoms with E-state index in [2.05, 4.69) is 5.32 Å². The van der Waals surface area contributed by atoms with Gasteiger partial charge in [0.1, 0.15) is 0 Å². The predicted molar refractivity (Wildman–Crippen MR) is 59.8 cm³/mol. The van der Waals surface area contributed by atoms with Crippen LogP contribution in [0.5, 0.6) is 0 Å². The van der Waals surface area contributed by atoms with Crippen LogP contribution in [-0.2, 0) is 11.2 Å². The second kappa shape index (κ2) is 5.73. The highest BCUT2D eigenvalue weighted by Crippen LogP contribution is 2.10. The Hall–Kier alpha value is -1.06. The van der Waals surface area contributed by atoms with E-state index >= 15 is 0 Å². The van der Waals surface area contributed by atoms with Gasteiger partial charge in [0, 0.05) is 11.6 Å². The van der Waals surface area contributed by atoms with Gasteiger partial charge in [0.05, 0.1) is 12.5 Å². The lowest BCUT2D eigenvalue weighted by atomic mass is 10.1. The third kappa shape index (κ3) is 4.81. The fraction of sp³-hybridized carbons (Fsp3) is 0.364. The number of aliphatic hydroxyl groups excluding tert-OH is 1. The topological polar surface area (TPSA) is 49.3 Å². The van der Waals surface area contributed by atoms with Gasteiger partial charge in [0.15, 0.2) is 0 Å². The molecule has 0 fully saturated rings. The molecule has 1 rings (SSSR count). The van der Waals surface area contributed by atoms with Crippen molar-refractivity contribution in [1.29, 1.82) is 0 Å². The number of amides is 1. The molecule has 0 aromatic heterocycles. The van der Waals surface area contributed by atoms with Gasteiger partial charge in [-0.3, -0.25) is 4.79 Å². The summed E-state index contributed by atoms with van der Waals surface area (Å²) in [5, 5.41) is 12.2. The number of nitrogens with one attached hydrogen (secondary N) is 1. The highest BCUT2D eigenvalue weighted by atomic mass is 35.5. The molecule has 3 nitrogen and oxygen atoms in total. The number of aliphatic hydroxyl groups is 1. The Bertz CT molecular complexity index is 339. The van der Waals surface area contributed by atoms with Gasteiger partial charge < -0.3 is 10.4 Å². The van der Waals surface area contributed by atoms with Gasteiger partial charge in [-0.2, -0.15) is 0 Å². The molecule has 1 aromatic carbocycles. The summed E-state index contributed by atoms with van der Waals surface area (Å²) in [6.07, 6.45) is -0.235. The largest absolute Gasteiger partial charge is 0.392 e. The number of carbonyl (C=O) groups excluding carboxylic acids is 1. The zero-order chi connectivity index (χ0) is 11.3. The van der Waals surface area contributed by atoms with Gasteiger partial charge in [-0.05, 0) is 24.6 Å². The fourth-order valence-corrected chi connectivity index (χ4v) is 1.37. The lowest BCUT2D eigenvalue weighted by Gasteiger charge is -2.07. The molecule has 82 valence electrons. The van der Waals surface area contributed by atoms with Crippen LogP contribution in [-0.4, -0.2) is 23.7 Å². The average molecular weight is 228 g/mol. The Labute approximate surface area is 94.1 Å². The minimum atomic E-state index is -0.520. The standard InChI is InChI=1S/C11H14ClNO2/c1-8(14)7-13-11(15)6-9-3-2-4-10(12)5-9/h2-5,8,14H,6-7H2,1H3,(H,13,15)/t8-/m1/s1. The molecule has 1 amide bonds. The summed E-state index contributed by atoms with van der Waals surface area (Å²) in [5.74, 6) is -0.113. The molecule has 0 radical (unpaired) electrons. The quantitative estimate of drug-likeness (QED) is 0.817. The summed E-state index contributed by atoms with van der Waals surface area (Å²) >= 11 is 5.78. The second-order valence-corrected chi connectivity index (χ2v) is 3.90. The minimum absolute atomic E-state index is 0.113. The Morgan fingerprint density at radius 3 is 2.93 bits per heavy atom. The van der Waals surface area contributed by atoms with Crippen molar-refractivity contribution in [1.82, 2.24) is 5.32 Å². The zero-order valence-electron chi connectivity index (χ0n) is 8.53. The Morgan fingerprint density at radius 2 is 2.33 bits per heavy atom. The van der Waals surface area contributed by atoms with Crippen LogP contribution in [0.1, 0.15) is 12.5 Å². The zero-order valence-corrected chi connectivity index (χ0v) is 9.29. The summed E-state index contributed by atoms with van der Waals surface area (Å²) in [5.41, 5.74) is 0.866. The van der Waals surface area contributed by atoms with E-state index in [1.54, 1.807) is 25.1 Å². The van der Waals surface area contributed by atoms with Crippen LogP contribution in [0, 0.1) is 0 Å². The molecule has 0 aliphatic carbocycles. The number of hydrogen-bond acceptors (Lipinski definition) is 2. The van der Waals surface area contributed by atoms with Crippen molar-refractivity contribution >= 4 is 17.5 Å². The van der Waals surface area contributed by atoms with E-state index in [0.29, 0.717) is 5.02 Å². The van der Waals surface area contributed by atoms with Crippen LogP contribution in [0.15, 0.2) is 24.3 Å². The first-order valence-corrected chi connectivity index (χ1v) is 5.15. The third-order valence-corrected chi connectivity index (χ3v) is 2.08. The fourth-order valence-electron chi connectivity index (χ4n) is 1.16. The molecule has 15 heavy (non-hydrogen) atoms. The van der Waals surface area contributed by atoms with Crippen LogP contribution in [0.2, 0.25) is 5.02 Å². The maximum Gasteiger partial charge on any atom is 0.224 e. The molecule has 1 atom stereocenters. The van der Waals surface area contributed by atoms with Crippen molar-refractivity contribution in [3.8, 4) is 0 Å². The van der Waals surface area contributed by atoms with E-state index in [1.807, 2.05) is 6.07 Å². The molecule has 0 aliphatic rings. The lowest BCUT2D eigenvalue weighted by molar-refractivity contribution is -0.120. The van der Waals surface area contributed by atoms with E-state index in [0.717, 1.165) is 5.56 Å². The highest BCUT2D eigenvalue weighted by molar-refractivity contribution is 6.30. The van der Waals surface area contributed by atoms with Crippen molar-refractivity contribution in [3.05, 3.63) is 34.9 Å².